The zero-order chi connectivity index (χ0) is 21.1. The summed E-state index contributed by atoms with van der Waals surface area (Å²) in [6.07, 6.45) is 8.01. The summed E-state index contributed by atoms with van der Waals surface area (Å²) in [6, 6.07) is 11.9. The van der Waals surface area contributed by atoms with Crippen molar-refractivity contribution in [3.8, 4) is 11.1 Å². The molecule has 0 aliphatic carbocycles. The number of aromatic amines is 1. The summed E-state index contributed by atoms with van der Waals surface area (Å²) in [6.45, 7) is 6.98. The Balaban J connectivity index is 1.62. The van der Waals surface area contributed by atoms with Gasteiger partial charge in [-0.3, -0.25) is 14.6 Å². The van der Waals surface area contributed by atoms with Crippen molar-refractivity contribution < 1.29 is 9.59 Å². The zero-order valence-electron chi connectivity index (χ0n) is 15.7. The van der Waals surface area contributed by atoms with Crippen LogP contribution in [-0.2, 0) is 4.79 Å². The van der Waals surface area contributed by atoms with E-state index in [0.717, 1.165) is 22.1 Å². The highest BCUT2D eigenvalue weighted by atomic mass is 16.1. The predicted molar refractivity (Wildman–Crippen MR) is 114 cm³/mol. The molecule has 0 unspecified atom stereocenters. The smallest absolute Gasteiger partial charge is 0.241 e. The highest BCUT2D eigenvalue weighted by Gasteiger charge is 2.12. The minimum absolute atomic E-state index is 0.212. The van der Waals surface area contributed by atoms with Crippen molar-refractivity contribution >= 4 is 34.5 Å². The lowest BCUT2D eigenvalue weighted by atomic mass is 10.0. The van der Waals surface area contributed by atoms with Crippen molar-refractivity contribution in [2.75, 3.05) is 0 Å². The number of rotatable bonds is 5. The Morgan fingerprint density at radius 1 is 1.03 bits per heavy atom. The maximum atomic E-state index is 12.6. The fourth-order valence-electron chi connectivity index (χ4n) is 3.03. The second kappa shape index (κ2) is 7.81. The van der Waals surface area contributed by atoms with Crippen LogP contribution >= 0.6 is 0 Å². The molecule has 0 spiro atoms. The zero-order valence-corrected chi connectivity index (χ0v) is 15.7. The standard InChI is InChI=1S/C23H15N5O2/c1-25-18-6-2-14(3-7-18)22(30)20-8-4-15(11-26-20)17-10-19-16(5-9-21(24)29)12-27-23(19)28-13-17/h2-13H,(H2,24,29)(H,27,28)/b9-5+. The molecule has 144 valence electrons. The van der Waals surface area contributed by atoms with E-state index < -0.39 is 5.91 Å². The van der Waals surface area contributed by atoms with Crippen LogP contribution in [0.25, 0.3) is 33.1 Å². The van der Waals surface area contributed by atoms with E-state index in [-0.39, 0.29) is 5.78 Å². The van der Waals surface area contributed by atoms with Crippen molar-refractivity contribution in [3.63, 3.8) is 0 Å². The summed E-state index contributed by atoms with van der Waals surface area (Å²) in [5, 5.41) is 0.838. The molecular formula is C23H15N5O2. The van der Waals surface area contributed by atoms with Crippen LogP contribution in [0.2, 0.25) is 0 Å². The Kier molecular flexibility index (Phi) is 4.89. The van der Waals surface area contributed by atoms with Gasteiger partial charge in [0.25, 0.3) is 0 Å². The number of fused-ring (bicyclic) bond motifs is 1. The van der Waals surface area contributed by atoms with Gasteiger partial charge in [0.1, 0.15) is 11.3 Å². The number of hydrogen-bond donors (Lipinski definition) is 2. The Morgan fingerprint density at radius 3 is 2.47 bits per heavy atom. The number of aromatic nitrogens is 3. The van der Waals surface area contributed by atoms with Crippen LogP contribution < -0.4 is 5.73 Å². The summed E-state index contributed by atoms with van der Waals surface area (Å²) in [7, 11) is 0. The van der Waals surface area contributed by atoms with E-state index in [4.69, 9.17) is 12.3 Å². The summed E-state index contributed by atoms with van der Waals surface area (Å²) < 4.78 is 0. The Morgan fingerprint density at radius 2 is 1.80 bits per heavy atom. The Bertz CT molecular complexity index is 1330. The first-order valence-electron chi connectivity index (χ1n) is 8.98. The molecule has 0 fully saturated rings. The maximum Gasteiger partial charge on any atom is 0.241 e. The number of amides is 1. The predicted octanol–water partition coefficient (Wildman–Crippen LogP) is 3.91. The first kappa shape index (κ1) is 18.8. The van der Waals surface area contributed by atoms with Crippen LogP contribution in [-0.4, -0.2) is 26.6 Å². The Labute approximate surface area is 171 Å². The van der Waals surface area contributed by atoms with Gasteiger partial charge in [0, 0.05) is 52.3 Å². The van der Waals surface area contributed by atoms with E-state index >= 15 is 0 Å². The quantitative estimate of drug-likeness (QED) is 0.305. The average molecular weight is 393 g/mol. The number of nitrogens with one attached hydrogen (secondary N) is 1. The van der Waals surface area contributed by atoms with Gasteiger partial charge in [-0.05, 0) is 18.2 Å². The van der Waals surface area contributed by atoms with Gasteiger partial charge < -0.3 is 10.7 Å². The van der Waals surface area contributed by atoms with E-state index in [1.807, 2.05) is 12.1 Å². The number of carbonyl (C=O) groups excluding carboxylic acids is 2. The molecule has 0 aliphatic heterocycles. The molecule has 4 rings (SSSR count). The molecular weight excluding hydrogens is 378 g/mol. The molecule has 0 bridgehead atoms. The topological polar surface area (TPSA) is 106 Å². The SMILES string of the molecule is [C-]#[N+]c1ccc(C(=O)c2ccc(-c3cnc4[nH]cc(/C=C/C(N)=O)c4c3)cn2)cc1. The molecule has 3 N–H and O–H groups in total. The van der Waals surface area contributed by atoms with Gasteiger partial charge in [-0.1, -0.05) is 30.3 Å². The molecule has 0 atom stereocenters. The molecule has 0 radical (unpaired) electrons. The molecule has 30 heavy (non-hydrogen) atoms. The molecule has 0 saturated carbocycles. The number of ketones is 1. The third-order valence-corrected chi connectivity index (χ3v) is 4.58. The first-order chi connectivity index (χ1) is 14.5. The van der Waals surface area contributed by atoms with Crippen LogP contribution in [0.4, 0.5) is 5.69 Å². The largest absolute Gasteiger partial charge is 0.366 e. The van der Waals surface area contributed by atoms with Crippen molar-refractivity contribution in [3.05, 3.63) is 95.4 Å². The van der Waals surface area contributed by atoms with Gasteiger partial charge in [0.15, 0.2) is 5.69 Å². The van der Waals surface area contributed by atoms with E-state index in [9.17, 15) is 9.59 Å². The summed E-state index contributed by atoms with van der Waals surface area (Å²) in [4.78, 5) is 38.7. The minimum Gasteiger partial charge on any atom is -0.366 e. The number of nitrogens with two attached hydrogens (primary N) is 1. The van der Waals surface area contributed by atoms with Crippen LogP contribution in [0.1, 0.15) is 21.6 Å². The van der Waals surface area contributed by atoms with Gasteiger partial charge in [-0.2, -0.15) is 0 Å². The summed E-state index contributed by atoms with van der Waals surface area (Å²) in [5.74, 6) is -0.738. The Hall–Kier alpha value is -4.57. The number of carbonyl (C=O) groups is 2. The van der Waals surface area contributed by atoms with E-state index in [0.29, 0.717) is 22.6 Å². The number of hydrogen-bond acceptors (Lipinski definition) is 4. The third kappa shape index (κ3) is 3.70. The van der Waals surface area contributed by atoms with E-state index in [1.54, 1.807) is 55.0 Å². The van der Waals surface area contributed by atoms with E-state index in [1.165, 1.54) is 6.08 Å². The lowest BCUT2D eigenvalue weighted by Crippen LogP contribution is -2.04. The molecule has 7 nitrogen and oxygen atoms in total. The van der Waals surface area contributed by atoms with Crippen LogP contribution in [0.5, 0.6) is 0 Å². The molecule has 3 heterocycles. The lowest BCUT2D eigenvalue weighted by molar-refractivity contribution is -0.113. The van der Waals surface area contributed by atoms with Crippen LogP contribution in [0, 0.1) is 6.57 Å². The molecule has 1 aromatic carbocycles. The van der Waals surface area contributed by atoms with Crippen LogP contribution in [0.15, 0.2) is 67.1 Å². The van der Waals surface area contributed by atoms with Crippen LogP contribution in [0.3, 0.4) is 0 Å². The first-order valence-corrected chi connectivity index (χ1v) is 8.98. The average Bonchev–Trinajstić information content (AvgIpc) is 3.19. The van der Waals surface area contributed by atoms with Crippen molar-refractivity contribution in [2.24, 2.45) is 5.73 Å². The summed E-state index contributed by atoms with van der Waals surface area (Å²) in [5.41, 5.74) is 9.54. The number of H-pyrrole nitrogens is 1. The number of benzene rings is 1. The van der Waals surface area contributed by atoms with Gasteiger partial charge in [-0.15, -0.1) is 0 Å². The van der Waals surface area contributed by atoms with Gasteiger partial charge in [-0.25, -0.2) is 9.83 Å². The monoisotopic (exact) mass is 393 g/mol. The number of pyridine rings is 2. The fourth-order valence-corrected chi connectivity index (χ4v) is 3.03. The molecule has 1 amide bonds. The number of primary amides is 1. The second-order valence-electron chi connectivity index (χ2n) is 6.52. The molecule has 0 saturated heterocycles. The molecule has 0 aliphatic rings. The number of nitrogens with zero attached hydrogens (tertiary/aromatic N) is 3. The van der Waals surface area contributed by atoms with Crippen molar-refractivity contribution in [1.29, 1.82) is 0 Å². The fraction of sp³-hybridized carbons (Fsp3) is 0. The normalized spacial score (nSPS) is 10.9. The van der Waals surface area contributed by atoms with Gasteiger partial charge in [0.2, 0.25) is 11.7 Å². The van der Waals surface area contributed by atoms with Crippen molar-refractivity contribution in [2.45, 2.75) is 0 Å². The highest BCUT2D eigenvalue weighted by molar-refractivity contribution is 6.08. The maximum absolute atomic E-state index is 12.6. The van der Waals surface area contributed by atoms with Gasteiger partial charge in [0.05, 0.1) is 6.57 Å². The van der Waals surface area contributed by atoms with Gasteiger partial charge >= 0.3 is 0 Å². The molecule has 4 aromatic rings. The second-order valence-corrected chi connectivity index (χ2v) is 6.52. The van der Waals surface area contributed by atoms with E-state index in [2.05, 4.69) is 19.8 Å². The van der Waals surface area contributed by atoms with Crippen molar-refractivity contribution in [1.82, 2.24) is 15.0 Å². The molecule has 3 aromatic heterocycles. The minimum atomic E-state index is -0.526. The molecule has 7 heteroatoms. The third-order valence-electron chi connectivity index (χ3n) is 4.58. The highest BCUT2D eigenvalue weighted by Crippen LogP contribution is 2.25. The summed E-state index contributed by atoms with van der Waals surface area (Å²) >= 11 is 0. The lowest BCUT2D eigenvalue weighted by Gasteiger charge is -2.04.